The molecule has 1 saturated heterocycles. The van der Waals surface area contributed by atoms with Gasteiger partial charge in [0.2, 0.25) is 5.91 Å². The summed E-state index contributed by atoms with van der Waals surface area (Å²) < 4.78 is 9.62. The second-order valence-electron chi connectivity index (χ2n) is 5.80. The monoisotopic (exact) mass is 314 g/mol. The third-order valence-electron chi connectivity index (χ3n) is 3.87. The first-order valence-corrected chi connectivity index (χ1v) is 7.66. The molecule has 1 heterocycles. The molecular weight excluding hydrogens is 288 g/mol. The molecule has 7 nitrogen and oxygen atoms in total. The second-order valence-corrected chi connectivity index (χ2v) is 5.80. The van der Waals surface area contributed by atoms with E-state index in [-0.39, 0.29) is 30.4 Å². The van der Waals surface area contributed by atoms with E-state index in [1.165, 1.54) is 7.11 Å². The fourth-order valence-electron chi connectivity index (χ4n) is 2.69. The van der Waals surface area contributed by atoms with Crippen LogP contribution in [0.25, 0.3) is 0 Å². The lowest BCUT2D eigenvalue weighted by Crippen LogP contribution is -2.55. The molecule has 2 amide bonds. The van der Waals surface area contributed by atoms with E-state index in [4.69, 9.17) is 4.74 Å². The lowest BCUT2D eigenvalue weighted by atomic mass is 10.0. The number of methoxy groups -OCH3 is 1. The van der Waals surface area contributed by atoms with Crippen LogP contribution in [-0.2, 0) is 19.1 Å². The number of likely N-dealkylation sites (tertiary alicyclic amines) is 1. The van der Waals surface area contributed by atoms with E-state index >= 15 is 0 Å². The van der Waals surface area contributed by atoms with Gasteiger partial charge in [-0.1, -0.05) is 13.8 Å². The summed E-state index contributed by atoms with van der Waals surface area (Å²) in [5.41, 5.74) is 0. The van der Waals surface area contributed by atoms with Crippen LogP contribution in [0.3, 0.4) is 0 Å². The number of ether oxygens (including phenoxy) is 2. The normalized spacial score (nSPS) is 22.4. The topological polar surface area (TPSA) is 84.9 Å². The van der Waals surface area contributed by atoms with Crippen LogP contribution >= 0.6 is 0 Å². The molecule has 0 aromatic heterocycles. The third-order valence-corrected chi connectivity index (χ3v) is 3.87. The lowest BCUT2D eigenvalue weighted by molar-refractivity contribution is -0.155. The van der Waals surface area contributed by atoms with Crippen molar-refractivity contribution in [3.8, 4) is 0 Å². The van der Waals surface area contributed by atoms with Gasteiger partial charge in [0.15, 0.2) is 0 Å². The number of hydrogen-bond acceptors (Lipinski definition) is 5. The van der Waals surface area contributed by atoms with Crippen molar-refractivity contribution in [1.29, 1.82) is 0 Å². The fourth-order valence-corrected chi connectivity index (χ4v) is 2.69. The minimum atomic E-state index is -0.732. The first-order chi connectivity index (χ1) is 10.3. The summed E-state index contributed by atoms with van der Waals surface area (Å²) in [6.07, 6.45) is 0.652. The van der Waals surface area contributed by atoms with E-state index in [0.717, 1.165) is 6.42 Å². The maximum absolute atomic E-state index is 12.8. The molecule has 7 heteroatoms. The van der Waals surface area contributed by atoms with Gasteiger partial charge in [-0.2, -0.15) is 0 Å². The van der Waals surface area contributed by atoms with Gasteiger partial charge in [0.05, 0.1) is 13.7 Å². The van der Waals surface area contributed by atoms with E-state index in [0.29, 0.717) is 6.42 Å². The highest BCUT2D eigenvalue weighted by molar-refractivity contribution is 5.90. The number of carbonyl (C=O) groups is 3. The zero-order valence-corrected chi connectivity index (χ0v) is 13.9. The molecule has 1 N–H and O–H groups in total. The highest BCUT2D eigenvalue weighted by Gasteiger charge is 2.43. The van der Waals surface area contributed by atoms with Crippen molar-refractivity contribution in [2.24, 2.45) is 5.92 Å². The van der Waals surface area contributed by atoms with Crippen LogP contribution in [0.2, 0.25) is 0 Å². The number of amides is 2. The van der Waals surface area contributed by atoms with Gasteiger partial charge in [0.25, 0.3) is 0 Å². The zero-order valence-electron chi connectivity index (χ0n) is 13.9. The summed E-state index contributed by atoms with van der Waals surface area (Å²) in [6, 6.07) is -1.38. The standard InChI is InChI=1S/C15H26N2O5/c1-6-22-14(19)11-8-7-10(4)17(11)13(18)12(9(2)3)16-15(20)21-5/h9-12H,6-8H2,1-5H3,(H,16,20)/t10-,11?,12-/m0/s1. The summed E-state index contributed by atoms with van der Waals surface area (Å²) >= 11 is 0. The van der Waals surface area contributed by atoms with Crippen LogP contribution in [0, 0.1) is 5.92 Å². The van der Waals surface area contributed by atoms with Crippen LogP contribution in [-0.4, -0.2) is 54.7 Å². The number of hydrogen-bond donors (Lipinski definition) is 1. The van der Waals surface area contributed by atoms with Crippen LogP contribution in [0.15, 0.2) is 0 Å². The van der Waals surface area contributed by atoms with Gasteiger partial charge in [-0.3, -0.25) is 4.79 Å². The Morgan fingerprint density at radius 2 is 1.91 bits per heavy atom. The SMILES string of the molecule is CCOC(=O)C1CC[C@H](C)N1C(=O)[C@@H](NC(=O)OC)C(C)C. The van der Waals surface area contributed by atoms with Crippen molar-refractivity contribution in [2.75, 3.05) is 13.7 Å². The van der Waals surface area contributed by atoms with Crippen LogP contribution in [0.4, 0.5) is 4.79 Å². The number of rotatable bonds is 5. The van der Waals surface area contributed by atoms with Crippen LogP contribution < -0.4 is 5.32 Å². The van der Waals surface area contributed by atoms with Crippen molar-refractivity contribution >= 4 is 18.0 Å². The van der Waals surface area contributed by atoms with Gasteiger partial charge < -0.3 is 19.7 Å². The lowest BCUT2D eigenvalue weighted by Gasteiger charge is -2.32. The molecule has 0 saturated carbocycles. The Morgan fingerprint density at radius 3 is 2.41 bits per heavy atom. The highest BCUT2D eigenvalue weighted by Crippen LogP contribution is 2.26. The van der Waals surface area contributed by atoms with E-state index in [1.807, 2.05) is 20.8 Å². The Balaban J connectivity index is 2.93. The first-order valence-electron chi connectivity index (χ1n) is 7.66. The Labute approximate surface area is 131 Å². The van der Waals surface area contributed by atoms with E-state index in [9.17, 15) is 14.4 Å². The molecule has 1 fully saturated rings. The van der Waals surface area contributed by atoms with Crippen molar-refractivity contribution in [3.05, 3.63) is 0 Å². The number of alkyl carbamates (subject to hydrolysis) is 1. The minimum Gasteiger partial charge on any atom is -0.464 e. The molecule has 22 heavy (non-hydrogen) atoms. The average Bonchev–Trinajstić information content (AvgIpc) is 2.85. The molecule has 0 radical (unpaired) electrons. The molecule has 0 aromatic carbocycles. The van der Waals surface area contributed by atoms with Gasteiger partial charge >= 0.3 is 12.1 Å². The average molecular weight is 314 g/mol. The minimum absolute atomic E-state index is 0.0670. The predicted molar refractivity (Wildman–Crippen MR) is 80.1 cm³/mol. The second kappa shape index (κ2) is 8.00. The summed E-state index contributed by atoms with van der Waals surface area (Å²) in [5, 5.41) is 2.55. The molecule has 1 aliphatic rings. The van der Waals surface area contributed by atoms with Gasteiger partial charge in [0.1, 0.15) is 12.1 Å². The van der Waals surface area contributed by atoms with Gasteiger partial charge in [-0.15, -0.1) is 0 Å². The Hall–Kier alpha value is -1.79. The smallest absolute Gasteiger partial charge is 0.407 e. The molecule has 126 valence electrons. The van der Waals surface area contributed by atoms with Crippen LogP contribution in [0.5, 0.6) is 0 Å². The van der Waals surface area contributed by atoms with Gasteiger partial charge in [-0.05, 0) is 32.6 Å². The predicted octanol–water partition coefficient (Wildman–Crippen LogP) is 1.31. The summed E-state index contributed by atoms with van der Waals surface area (Å²) in [4.78, 5) is 37.9. The number of nitrogens with zero attached hydrogens (tertiary/aromatic N) is 1. The summed E-state index contributed by atoms with van der Waals surface area (Å²) in [6.45, 7) is 7.57. The molecule has 0 spiro atoms. The summed E-state index contributed by atoms with van der Waals surface area (Å²) in [7, 11) is 1.25. The van der Waals surface area contributed by atoms with Crippen molar-refractivity contribution in [2.45, 2.75) is 58.7 Å². The quantitative estimate of drug-likeness (QED) is 0.773. The molecule has 1 rings (SSSR count). The van der Waals surface area contributed by atoms with Gasteiger partial charge in [0, 0.05) is 6.04 Å². The van der Waals surface area contributed by atoms with Crippen molar-refractivity contribution in [3.63, 3.8) is 0 Å². The van der Waals surface area contributed by atoms with E-state index in [2.05, 4.69) is 10.1 Å². The highest BCUT2D eigenvalue weighted by atomic mass is 16.5. The zero-order chi connectivity index (χ0) is 16.9. The largest absolute Gasteiger partial charge is 0.464 e. The Morgan fingerprint density at radius 1 is 1.27 bits per heavy atom. The Bertz CT molecular complexity index is 424. The van der Waals surface area contributed by atoms with Gasteiger partial charge in [-0.25, -0.2) is 9.59 Å². The number of nitrogens with one attached hydrogen (secondary N) is 1. The van der Waals surface area contributed by atoms with E-state index in [1.54, 1.807) is 11.8 Å². The molecule has 0 aliphatic carbocycles. The maximum atomic E-state index is 12.8. The Kier molecular flexibility index (Phi) is 6.64. The summed E-state index contributed by atoms with van der Waals surface area (Å²) in [5.74, 6) is -0.786. The molecule has 1 unspecified atom stereocenters. The first kappa shape index (κ1) is 18.3. The van der Waals surface area contributed by atoms with E-state index < -0.39 is 18.2 Å². The number of carbonyl (C=O) groups excluding carboxylic acids is 3. The van der Waals surface area contributed by atoms with Crippen molar-refractivity contribution in [1.82, 2.24) is 10.2 Å². The van der Waals surface area contributed by atoms with Crippen molar-refractivity contribution < 1.29 is 23.9 Å². The molecule has 0 bridgehead atoms. The van der Waals surface area contributed by atoms with Crippen LogP contribution in [0.1, 0.15) is 40.5 Å². The number of esters is 1. The molecule has 3 atom stereocenters. The molecule has 0 aromatic rings. The maximum Gasteiger partial charge on any atom is 0.407 e. The fraction of sp³-hybridized carbons (Fsp3) is 0.800. The molecular formula is C15H26N2O5. The molecule has 1 aliphatic heterocycles. The third kappa shape index (κ3) is 4.11.